The third-order valence-electron chi connectivity index (χ3n) is 2.43. The summed E-state index contributed by atoms with van der Waals surface area (Å²) in [6.07, 6.45) is 1.43. The molecule has 5 heteroatoms. The summed E-state index contributed by atoms with van der Waals surface area (Å²) < 4.78 is 0. The van der Waals surface area contributed by atoms with E-state index in [1.54, 1.807) is 0 Å². The average molecular weight is 243 g/mol. The van der Waals surface area contributed by atoms with Crippen LogP contribution in [-0.2, 0) is 14.4 Å². The number of amides is 2. The van der Waals surface area contributed by atoms with Crippen molar-refractivity contribution < 1.29 is 14.4 Å². The van der Waals surface area contributed by atoms with E-state index in [9.17, 15) is 14.4 Å². The number of carbonyl (C=O) groups excluding carboxylic acids is 3. The van der Waals surface area contributed by atoms with Gasteiger partial charge in [0.25, 0.3) is 0 Å². The van der Waals surface area contributed by atoms with Gasteiger partial charge >= 0.3 is 0 Å². The fraction of sp³-hybridized carbons (Fsp3) is 0.727. The minimum absolute atomic E-state index is 0.0354. The molecule has 0 N–H and O–H groups in total. The molecule has 0 saturated carbocycles. The van der Waals surface area contributed by atoms with Crippen LogP contribution < -0.4 is 0 Å². The maximum absolute atomic E-state index is 11.8. The molecule has 4 nitrogen and oxygen atoms in total. The molecule has 1 heterocycles. The molecule has 2 amide bonds. The van der Waals surface area contributed by atoms with Crippen molar-refractivity contribution in [3.8, 4) is 0 Å². The normalized spacial score (nSPS) is 20.6. The Labute approximate surface area is 99.8 Å². The number of nitrogens with zero attached hydrogens (tertiary/aromatic N) is 1. The van der Waals surface area contributed by atoms with Gasteiger partial charge in [0.2, 0.25) is 11.8 Å². The number of carbonyl (C=O) groups is 3. The lowest BCUT2D eigenvalue weighted by Gasteiger charge is -2.13. The highest BCUT2D eigenvalue weighted by atomic mass is 32.2. The van der Waals surface area contributed by atoms with E-state index >= 15 is 0 Å². The second-order valence-electron chi connectivity index (χ2n) is 3.75. The standard InChI is InChI=1S/C11H17NO3S/c1-3-5-8(13)7-12-10(14)6-9(11(12)15)16-4-2/h9H,3-7H2,1-2H3. The third-order valence-corrected chi connectivity index (χ3v) is 3.54. The molecule has 0 bridgehead atoms. The summed E-state index contributed by atoms with van der Waals surface area (Å²) in [5, 5.41) is -0.271. The van der Waals surface area contributed by atoms with Crippen LogP contribution in [0.25, 0.3) is 0 Å². The summed E-state index contributed by atoms with van der Waals surface area (Å²) >= 11 is 1.47. The smallest absolute Gasteiger partial charge is 0.243 e. The molecule has 1 aliphatic rings. The second kappa shape index (κ2) is 6.03. The number of hydrogen-bond acceptors (Lipinski definition) is 4. The van der Waals surface area contributed by atoms with Crippen molar-refractivity contribution in [3.63, 3.8) is 0 Å². The van der Waals surface area contributed by atoms with Gasteiger partial charge in [0.05, 0.1) is 11.8 Å². The monoisotopic (exact) mass is 243 g/mol. The summed E-state index contributed by atoms with van der Waals surface area (Å²) in [5.41, 5.74) is 0. The zero-order chi connectivity index (χ0) is 12.1. The van der Waals surface area contributed by atoms with Gasteiger partial charge in [-0.1, -0.05) is 13.8 Å². The van der Waals surface area contributed by atoms with Gasteiger partial charge in [-0.3, -0.25) is 19.3 Å². The fourth-order valence-corrected chi connectivity index (χ4v) is 2.62. The number of ketones is 1. The van der Waals surface area contributed by atoms with E-state index in [1.165, 1.54) is 11.8 Å². The van der Waals surface area contributed by atoms with Crippen molar-refractivity contribution in [2.45, 2.75) is 38.4 Å². The van der Waals surface area contributed by atoms with Crippen LogP contribution >= 0.6 is 11.8 Å². The molecule has 1 rings (SSSR count). The zero-order valence-corrected chi connectivity index (χ0v) is 10.5. The molecule has 1 unspecified atom stereocenters. The lowest BCUT2D eigenvalue weighted by molar-refractivity contribution is -0.141. The van der Waals surface area contributed by atoms with Crippen LogP contribution in [0.15, 0.2) is 0 Å². The van der Waals surface area contributed by atoms with Gasteiger partial charge in [-0.25, -0.2) is 0 Å². The first-order valence-electron chi connectivity index (χ1n) is 5.57. The first-order chi connectivity index (χ1) is 7.60. The van der Waals surface area contributed by atoms with Crippen LogP contribution in [0.2, 0.25) is 0 Å². The molecule has 0 aromatic heterocycles. The van der Waals surface area contributed by atoms with Gasteiger partial charge in [-0.05, 0) is 12.2 Å². The topological polar surface area (TPSA) is 54.5 Å². The summed E-state index contributed by atoms with van der Waals surface area (Å²) in [6, 6.07) is 0. The van der Waals surface area contributed by atoms with E-state index in [2.05, 4.69) is 0 Å². The molecule has 1 atom stereocenters. The lowest BCUT2D eigenvalue weighted by atomic mass is 10.2. The second-order valence-corrected chi connectivity index (χ2v) is 5.23. The molecule has 1 aliphatic heterocycles. The van der Waals surface area contributed by atoms with Crippen molar-refractivity contribution in [1.82, 2.24) is 4.90 Å². The number of rotatable bonds is 6. The van der Waals surface area contributed by atoms with Gasteiger partial charge in [-0.15, -0.1) is 11.8 Å². The summed E-state index contributed by atoms with van der Waals surface area (Å²) in [6.45, 7) is 3.82. The van der Waals surface area contributed by atoms with Crippen molar-refractivity contribution in [2.75, 3.05) is 12.3 Å². The highest BCUT2D eigenvalue weighted by Crippen LogP contribution is 2.24. The fourth-order valence-electron chi connectivity index (χ4n) is 1.68. The molecule has 0 aromatic rings. The van der Waals surface area contributed by atoms with Gasteiger partial charge in [-0.2, -0.15) is 0 Å². The van der Waals surface area contributed by atoms with Gasteiger partial charge in [0.15, 0.2) is 5.78 Å². The molecule has 0 spiro atoms. The Morgan fingerprint density at radius 1 is 1.44 bits per heavy atom. The highest BCUT2D eigenvalue weighted by molar-refractivity contribution is 8.00. The Morgan fingerprint density at radius 2 is 2.12 bits per heavy atom. The Morgan fingerprint density at radius 3 is 2.69 bits per heavy atom. The van der Waals surface area contributed by atoms with E-state index in [-0.39, 0.29) is 35.8 Å². The van der Waals surface area contributed by atoms with Crippen LogP contribution in [0.3, 0.4) is 0 Å². The Bertz CT molecular complexity index is 304. The van der Waals surface area contributed by atoms with Crippen molar-refractivity contribution >= 4 is 29.4 Å². The number of Topliss-reactive ketones (excluding diaryl/α,β-unsaturated/α-hetero) is 1. The van der Waals surface area contributed by atoms with Crippen molar-refractivity contribution in [2.24, 2.45) is 0 Å². The number of likely N-dealkylation sites (tertiary alicyclic amines) is 1. The average Bonchev–Trinajstić information content (AvgIpc) is 2.47. The predicted octanol–water partition coefficient (Wildman–Crippen LogP) is 1.24. The number of imide groups is 1. The van der Waals surface area contributed by atoms with Crippen molar-refractivity contribution in [3.05, 3.63) is 0 Å². The van der Waals surface area contributed by atoms with Crippen LogP contribution in [0.4, 0.5) is 0 Å². The lowest BCUT2D eigenvalue weighted by Crippen LogP contribution is -2.35. The Kier molecular flexibility index (Phi) is 4.99. The van der Waals surface area contributed by atoms with Gasteiger partial charge in [0.1, 0.15) is 0 Å². The van der Waals surface area contributed by atoms with E-state index in [4.69, 9.17) is 0 Å². The SMILES string of the molecule is CCCC(=O)CN1C(=O)CC(SCC)C1=O. The molecule has 0 aromatic carbocycles. The maximum Gasteiger partial charge on any atom is 0.243 e. The third kappa shape index (κ3) is 3.07. The molecule has 1 fully saturated rings. The molecular weight excluding hydrogens is 226 g/mol. The van der Waals surface area contributed by atoms with Crippen LogP contribution in [-0.4, -0.2) is 40.0 Å². The summed E-state index contributed by atoms with van der Waals surface area (Å²) in [7, 11) is 0. The van der Waals surface area contributed by atoms with Gasteiger partial charge in [0, 0.05) is 12.8 Å². The van der Waals surface area contributed by atoms with E-state index in [0.717, 1.165) is 17.1 Å². The quantitative estimate of drug-likeness (QED) is 0.659. The van der Waals surface area contributed by atoms with E-state index < -0.39 is 0 Å². The molecule has 90 valence electrons. The molecule has 0 aliphatic carbocycles. The van der Waals surface area contributed by atoms with E-state index in [1.807, 2.05) is 13.8 Å². The Balaban J connectivity index is 2.57. The molecule has 1 saturated heterocycles. The van der Waals surface area contributed by atoms with Crippen LogP contribution in [0.1, 0.15) is 33.1 Å². The van der Waals surface area contributed by atoms with Gasteiger partial charge < -0.3 is 0 Å². The molecule has 0 radical (unpaired) electrons. The van der Waals surface area contributed by atoms with Crippen LogP contribution in [0, 0.1) is 0 Å². The largest absolute Gasteiger partial charge is 0.298 e. The zero-order valence-electron chi connectivity index (χ0n) is 9.69. The minimum atomic E-state index is -0.271. The highest BCUT2D eigenvalue weighted by Gasteiger charge is 2.38. The minimum Gasteiger partial charge on any atom is -0.298 e. The summed E-state index contributed by atoms with van der Waals surface area (Å²) in [5.74, 6) is 0.369. The number of hydrogen-bond donors (Lipinski definition) is 0. The van der Waals surface area contributed by atoms with E-state index in [0.29, 0.717) is 6.42 Å². The number of thioether (sulfide) groups is 1. The van der Waals surface area contributed by atoms with Crippen molar-refractivity contribution in [1.29, 1.82) is 0 Å². The Hall–Kier alpha value is -0.840. The molecular formula is C11H17NO3S. The van der Waals surface area contributed by atoms with Crippen LogP contribution in [0.5, 0.6) is 0 Å². The first kappa shape index (κ1) is 13.2. The summed E-state index contributed by atoms with van der Waals surface area (Å²) in [4.78, 5) is 35.8. The predicted molar refractivity (Wildman–Crippen MR) is 63.2 cm³/mol. The first-order valence-corrected chi connectivity index (χ1v) is 6.62. The molecule has 16 heavy (non-hydrogen) atoms. The maximum atomic E-state index is 11.8.